The number of aromatic nitrogens is 2. The Bertz CT molecular complexity index is 1300. The number of rotatable bonds is 6. The van der Waals surface area contributed by atoms with Gasteiger partial charge in [-0.3, -0.25) is 25.0 Å². The van der Waals surface area contributed by atoms with E-state index >= 15 is 0 Å². The molecule has 162 valence electrons. The van der Waals surface area contributed by atoms with E-state index in [4.69, 9.17) is 21.4 Å². The number of hydrazine groups is 1. The maximum Gasteiger partial charge on any atom is 0.305 e. The number of hydrogen-bond acceptors (Lipinski definition) is 5. The van der Waals surface area contributed by atoms with E-state index in [2.05, 4.69) is 15.8 Å². The topological polar surface area (TPSA) is 101 Å². The molecule has 32 heavy (non-hydrogen) atoms. The summed E-state index contributed by atoms with van der Waals surface area (Å²) in [5.41, 5.74) is 5.21. The van der Waals surface area contributed by atoms with Gasteiger partial charge in [0.05, 0.1) is 0 Å². The number of carbonyl (C=O) groups excluding carboxylic acids is 2. The Kier molecular flexibility index (Phi) is 6.13. The van der Waals surface area contributed by atoms with Gasteiger partial charge in [0.15, 0.2) is 10.5 Å². The van der Waals surface area contributed by atoms with Crippen LogP contribution >= 0.6 is 12.2 Å². The van der Waals surface area contributed by atoms with E-state index < -0.39 is 17.6 Å². The first-order valence-electron chi connectivity index (χ1n) is 9.45. The molecule has 4 rings (SSSR count). The molecule has 0 atom stereocenters. The van der Waals surface area contributed by atoms with Gasteiger partial charge in [-0.15, -0.1) is 0 Å². The lowest BCUT2D eigenvalue weighted by Crippen LogP contribution is -2.42. The second-order valence-corrected chi connectivity index (χ2v) is 6.95. The number of imidazole rings is 1. The van der Waals surface area contributed by atoms with E-state index in [0.717, 1.165) is 0 Å². The van der Waals surface area contributed by atoms with E-state index in [1.165, 1.54) is 41.1 Å². The van der Waals surface area contributed by atoms with Crippen LogP contribution in [0.1, 0.15) is 26.8 Å². The van der Waals surface area contributed by atoms with Crippen molar-refractivity contribution in [2.45, 2.75) is 6.61 Å². The van der Waals surface area contributed by atoms with Gasteiger partial charge in [-0.2, -0.15) is 0 Å². The third kappa shape index (κ3) is 4.76. The first-order valence-corrected chi connectivity index (χ1v) is 9.86. The van der Waals surface area contributed by atoms with Crippen molar-refractivity contribution >= 4 is 24.0 Å². The van der Waals surface area contributed by atoms with Crippen LogP contribution in [0.25, 0.3) is 5.69 Å². The summed E-state index contributed by atoms with van der Waals surface area (Å²) in [5, 5.41) is 0. The number of furan rings is 1. The van der Waals surface area contributed by atoms with Crippen LogP contribution in [0.5, 0.6) is 5.75 Å². The number of amides is 2. The molecule has 0 aliphatic carbocycles. The summed E-state index contributed by atoms with van der Waals surface area (Å²) in [7, 11) is 0. The Morgan fingerprint density at radius 2 is 1.72 bits per heavy atom. The fourth-order valence-corrected chi connectivity index (χ4v) is 3.13. The molecule has 0 bridgehead atoms. The molecule has 2 aromatic heterocycles. The van der Waals surface area contributed by atoms with Gasteiger partial charge in [0.25, 0.3) is 5.91 Å². The third-order valence-electron chi connectivity index (χ3n) is 4.39. The molecule has 0 radical (unpaired) electrons. The van der Waals surface area contributed by atoms with Crippen molar-refractivity contribution in [1.82, 2.24) is 20.4 Å². The molecule has 0 fully saturated rings. The van der Waals surface area contributed by atoms with Crippen LogP contribution in [0.2, 0.25) is 0 Å². The molecular weight excluding hydrogens is 435 g/mol. The zero-order valence-corrected chi connectivity index (χ0v) is 17.3. The van der Waals surface area contributed by atoms with Crippen molar-refractivity contribution in [3.63, 3.8) is 0 Å². The van der Waals surface area contributed by atoms with E-state index in [1.54, 1.807) is 18.2 Å². The first-order chi connectivity index (χ1) is 15.5. The van der Waals surface area contributed by atoms with E-state index in [-0.39, 0.29) is 22.8 Å². The number of halogens is 1. The maximum absolute atomic E-state index is 13.2. The fourth-order valence-electron chi connectivity index (χ4n) is 2.87. The molecule has 0 aliphatic rings. The van der Waals surface area contributed by atoms with Gasteiger partial charge in [0.1, 0.15) is 29.6 Å². The minimum absolute atomic E-state index is 0.00130. The quantitative estimate of drug-likeness (QED) is 0.304. The number of nitrogens with zero attached hydrogens (tertiary/aromatic N) is 1. The lowest BCUT2D eigenvalue weighted by Gasteiger charge is -2.09. The van der Waals surface area contributed by atoms with Gasteiger partial charge in [0, 0.05) is 11.9 Å². The highest BCUT2D eigenvalue weighted by Crippen LogP contribution is 2.15. The number of para-hydroxylation sites is 1. The van der Waals surface area contributed by atoms with Crippen LogP contribution in [0.4, 0.5) is 4.39 Å². The standard InChI is InChI=1S/C22H17FN4O4S/c23-14-6-8-15(9-7-14)27-18(12-24-22(27)32)20(28)25-26-21(29)19-11-10-17(31-19)13-30-16-4-2-1-3-5-16/h1-12H,13H2,(H,24,32)(H,25,28)(H,26,29). The van der Waals surface area contributed by atoms with Gasteiger partial charge in [-0.25, -0.2) is 4.39 Å². The molecule has 2 aromatic carbocycles. The highest BCUT2D eigenvalue weighted by atomic mass is 32.1. The van der Waals surface area contributed by atoms with Gasteiger partial charge in [-0.05, 0) is 60.7 Å². The number of H-pyrrole nitrogens is 1. The molecule has 3 N–H and O–H groups in total. The molecule has 0 spiro atoms. The lowest BCUT2D eigenvalue weighted by molar-refractivity contribution is 0.0825. The Labute approximate surface area is 186 Å². The number of nitrogens with one attached hydrogen (secondary N) is 3. The summed E-state index contributed by atoms with van der Waals surface area (Å²) in [5.74, 6) is -0.575. The van der Waals surface area contributed by atoms with E-state index in [1.807, 2.05) is 18.2 Å². The third-order valence-corrected chi connectivity index (χ3v) is 4.69. The number of benzene rings is 2. The van der Waals surface area contributed by atoms with Crippen LogP contribution in [-0.2, 0) is 6.61 Å². The van der Waals surface area contributed by atoms with Gasteiger partial charge >= 0.3 is 5.91 Å². The highest BCUT2D eigenvalue weighted by molar-refractivity contribution is 7.71. The minimum Gasteiger partial charge on any atom is -0.486 e. The van der Waals surface area contributed by atoms with Crippen molar-refractivity contribution in [2.24, 2.45) is 0 Å². The summed E-state index contributed by atoms with van der Waals surface area (Å²) in [4.78, 5) is 27.7. The normalized spacial score (nSPS) is 10.5. The zero-order chi connectivity index (χ0) is 22.5. The van der Waals surface area contributed by atoms with Gasteiger partial charge in [0.2, 0.25) is 0 Å². The monoisotopic (exact) mass is 452 g/mol. The predicted octanol–water partition coefficient (Wildman–Crippen LogP) is 3.92. The summed E-state index contributed by atoms with van der Waals surface area (Å²) in [6, 6.07) is 17.7. The number of aromatic amines is 1. The summed E-state index contributed by atoms with van der Waals surface area (Å²) in [6.07, 6.45) is 1.39. The largest absolute Gasteiger partial charge is 0.486 e. The minimum atomic E-state index is -0.647. The van der Waals surface area contributed by atoms with Crippen molar-refractivity contribution < 1.29 is 23.1 Å². The summed E-state index contributed by atoms with van der Waals surface area (Å²) < 4.78 is 25.9. The van der Waals surface area contributed by atoms with Crippen LogP contribution in [0.3, 0.4) is 0 Å². The van der Waals surface area contributed by atoms with Crippen LogP contribution in [0.15, 0.2) is 77.3 Å². The van der Waals surface area contributed by atoms with Crippen LogP contribution in [0, 0.1) is 10.6 Å². The zero-order valence-electron chi connectivity index (χ0n) is 16.5. The van der Waals surface area contributed by atoms with Crippen molar-refractivity contribution in [3.8, 4) is 11.4 Å². The van der Waals surface area contributed by atoms with Gasteiger partial charge < -0.3 is 14.1 Å². The molecule has 2 amide bonds. The smallest absolute Gasteiger partial charge is 0.305 e. The molecule has 10 heteroatoms. The Balaban J connectivity index is 1.38. The van der Waals surface area contributed by atoms with E-state index in [9.17, 15) is 14.0 Å². The number of hydrogen-bond donors (Lipinski definition) is 3. The lowest BCUT2D eigenvalue weighted by atomic mass is 10.3. The molecule has 0 saturated carbocycles. The summed E-state index contributed by atoms with van der Waals surface area (Å²) >= 11 is 5.20. The molecule has 0 saturated heterocycles. The second kappa shape index (κ2) is 9.31. The fraction of sp³-hybridized carbons (Fsp3) is 0.0455. The second-order valence-electron chi connectivity index (χ2n) is 6.57. The van der Waals surface area contributed by atoms with Crippen LogP contribution in [-0.4, -0.2) is 21.4 Å². The van der Waals surface area contributed by atoms with Crippen molar-refractivity contribution in [3.05, 3.63) is 101 Å². The van der Waals surface area contributed by atoms with E-state index in [0.29, 0.717) is 17.2 Å². The predicted molar refractivity (Wildman–Crippen MR) is 115 cm³/mol. The summed E-state index contributed by atoms with van der Waals surface area (Å²) in [6.45, 7) is 0.145. The van der Waals surface area contributed by atoms with Crippen molar-refractivity contribution in [2.75, 3.05) is 0 Å². The molecule has 0 aliphatic heterocycles. The Morgan fingerprint density at radius 1 is 1.00 bits per heavy atom. The molecule has 0 unspecified atom stereocenters. The average molecular weight is 452 g/mol. The molecule has 8 nitrogen and oxygen atoms in total. The molecule has 4 aromatic rings. The Morgan fingerprint density at radius 3 is 2.47 bits per heavy atom. The first kappa shape index (κ1) is 21.1. The number of carbonyl (C=O) groups is 2. The van der Waals surface area contributed by atoms with Crippen LogP contribution < -0.4 is 15.6 Å². The number of ether oxygens (including phenoxy) is 1. The SMILES string of the molecule is O=C(NNC(=O)c1c[nH]c(=S)n1-c1ccc(F)cc1)c1ccc(COc2ccccc2)o1. The average Bonchev–Trinajstić information content (AvgIpc) is 3.44. The Hall–Kier alpha value is -4.18. The van der Waals surface area contributed by atoms with Gasteiger partial charge in [-0.1, -0.05) is 18.2 Å². The van der Waals surface area contributed by atoms with Crippen molar-refractivity contribution in [1.29, 1.82) is 0 Å². The molecular formula is C22H17FN4O4S. The highest BCUT2D eigenvalue weighted by Gasteiger charge is 2.17. The maximum atomic E-state index is 13.2. The molecule has 2 heterocycles.